The summed E-state index contributed by atoms with van der Waals surface area (Å²) in [5.41, 5.74) is 2.36. The lowest BCUT2D eigenvalue weighted by Gasteiger charge is -2.17. The molecule has 2 N–H and O–H groups in total. The molecule has 1 saturated heterocycles. The Labute approximate surface area is 178 Å². The number of rotatable bonds is 8. The van der Waals surface area contributed by atoms with Crippen LogP contribution in [-0.4, -0.2) is 42.2 Å². The third-order valence-electron chi connectivity index (χ3n) is 4.86. The summed E-state index contributed by atoms with van der Waals surface area (Å²) in [4.78, 5) is 19.4. The van der Waals surface area contributed by atoms with E-state index < -0.39 is 0 Å². The maximum absolute atomic E-state index is 11.8. The largest absolute Gasteiger partial charge is 0.355 e. The van der Waals surface area contributed by atoms with Crippen molar-refractivity contribution >= 4 is 23.6 Å². The van der Waals surface area contributed by atoms with Crippen LogP contribution in [0.1, 0.15) is 30.9 Å². The molecule has 3 rings (SSSR count). The van der Waals surface area contributed by atoms with Crippen molar-refractivity contribution in [2.75, 3.05) is 20.1 Å². The van der Waals surface area contributed by atoms with E-state index in [1.165, 1.54) is 16.0 Å². The molecule has 1 aliphatic rings. The second kappa shape index (κ2) is 10.9. The number of nitrogens with one attached hydrogen (secondary N) is 2. The number of guanidine groups is 1. The molecule has 0 spiro atoms. The van der Waals surface area contributed by atoms with Gasteiger partial charge >= 0.3 is 0 Å². The standard InChI is InChI=1S/C23H30N4OS/c1-18(29-21-10-4-3-5-11-21)15-25-23(24-2)26-16-19-8-6-9-20(14-19)17-27-13-7-12-22(27)28/h3-6,8-11,14,18H,7,12-13,15-17H2,1-2H3,(H2,24,25,26). The van der Waals surface area contributed by atoms with Gasteiger partial charge in [-0.25, -0.2) is 0 Å². The van der Waals surface area contributed by atoms with Crippen molar-refractivity contribution < 1.29 is 4.79 Å². The normalized spacial score (nSPS) is 15.4. The van der Waals surface area contributed by atoms with Crippen LogP contribution in [0.5, 0.6) is 0 Å². The van der Waals surface area contributed by atoms with Crippen LogP contribution < -0.4 is 10.6 Å². The Hall–Kier alpha value is -2.47. The quantitative estimate of drug-likeness (QED) is 0.396. The molecule has 154 valence electrons. The zero-order valence-corrected chi connectivity index (χ0v) is 18.0. The van der Waals surface area contributed by atoms with Crippen molar-refractivity contribution in [3.63, 3.8) is 0 Å². The number of benzene rings is 2. The smallest absolute Gasteiger partial charge is 0.222 e. The maximum Gasteiger partial charge on any atom is 0.222 e. The average molecular weight is 411 g/mol. The molecule has 1 heterocycles. The van der Waals surface area contributed by atoms with E-state index in [0.717, 1.165) is 25.5 Å². The van der Waals surface area contributed by atoms with Crippen molar-refractivity contribution in [1.82, 2.24) is 15.5 Å². The van der Waals surface area contributed by atoms with Crippen molar-refractivity contribution in [1.29, 1.82) is 0 Å². The maximum atomic E-state index is 11.8. The lowest BCUT2D eigenvalue weighted by molar-refractivity contribution is -0.128. The zero-order valence-electron chi connectivity index (χ0n) is 17.2. The summed E-state index contributed by atoms with van der Waals surface area (Å²) in [6, 6.07) is 18.9. The zero-order chi connectivity index (χ0) is 20.5. The second-order valence-electron chi connectivity index (χ2n) is 7.29. The molecular formula is C23H30N4OS. The number of hydrogen-bond acceptors (Lipinski definition) is 3. The van der Waals surface area contributed by atoms with Crippen LogP contribution in [0.4, 0.5) is 0 Å². The van der Waals surface area contributed by atoms with Crippen molar-refractivity contribution in [3.05, 3.63) is 65.7 Å². The predicted molar refractivity (Wildman–Crippen MR) is 121 cm³/mol. The predicted octanol–water partition coefficient (Wildman–Crippen LogP) is 3.65. The van der Waals surface area contributed by atoms with E-state index in [1.54, 1.807) is 7.05 Å². The highest BCUT2D eigenvalue weighted by Crippen LogP contribution is 2.21. The van der Waals surface area contributed by atoms with E-state index in [1.807, 2.05) is 22.7 Å². The summed E-state index contributed by atoms with van der Waals surface area (Å²) < 4.78 is 0. The van der Waals surface area contributed by atoms with E-state index >= 15 is 0 Å². The lowest BCUT2D eigenvalue weighted by atomic mass is 10.1. The number of hydrogen-bond donors (Lipinski definition) is 2. The Bertz CT molecular complexity index is 825. The van der Waals surface area contributed by atoms with Crippen LogP contribution in [0.25, 0.3) is 0 Å². The SMILES string of the molecule is CN=C(NCc1cccc(CN2CCCC2=O)c1)NCC(C)Sc1ccccc1. The molecule has 6 heteroatoms. The average Bonchev–Trinajstić information content (AvgIpc) is 3.13. The number of amides is 1. The Balaban J connectivity index is 1.45. The minimum Gasteiger partial charge on any atom is -0.355 e. The lowest BCUT2D eigenvalue weighted by Crippen LogP contribution is -2.39. The van der Waals surface area contributed by atoms with Crippen molar-refractivity contribution in [2.45, 2.75) is 43.0 Å². The van der Waals surface area contributed by atoms with Gasteiger partial charge in [0.25, 0.3) is 0 Å². The van der Waals surface area contributed by atoms with Gasteiger partial charge in [0.05, 0.1) is 0 Å². The van der Waals surface area contributed by atoms with Gasteiger partial charge in [-0.3, -0.25) is 9.79 Å². The molecule has 0 radical (unpaired) electrons. The van der Waals surface area contributed by atoms with Crippen molar-refractivity contribution in [3.8, 4) is 0 Å². The highest BCUT2D eigenvalue weighted by Gasteiger charge is 2.19. The molecular weight excluding hydrogens is 380 g/mol. The van der Waals surface area contributed by atoms with Crippen molar-refractivity contribution in [2.24, 2.45) is 4.99 Å². The van der Waals surface area contributed by atoms with E-state index in [0.29, 0.717) is 24.8 Å². The van der Waals surface area contributed by atoms with Crippen LogP contribution in [-0.2, 0) is 17.9 Å². The summed E-state index contributed by atoms with van der Waals surface area (Å²) in [5, 5.41) is 7.22. The minimum absolute atomic E-state index is 0.264. The fourth-order valence-corrected chi connectivity index (χ4v) is 4.29. The number of thioether (sulfide) groups is 1. The van der Waals surface area contributed by atoms with Gasteiger partial charge in [-0.1, -0.05) is 49.4 Å². The molecule has 0 aliphatic carbocycles. The molecule has 0 aromatic heterocycles. The van der Waals surface area contributed by atoms with Gasteiger partial charge < -0.3 is 15.5 Å². The van der Waals surface area contributed by atoms with Crippen LogP contribution in [0.2, 0.25) is 0 Å². The Morgan fingerprint density at radius 1 is 1.14 bits per heavy atom. The summed E-state index contributed by atoms with van der Waals surface area (Å²) in [6.45, 7) is 5.31. The Kier molecular flexibility index (Phi) is 7.99. The van der Waals surface area contributed by atoms with Gasteiger partial charge in [0.2, 0.25) is 5.91 Å². The van der Waals surface area contributed by atoms with E-state index in [2.05, 4.69) is 71.1 Å². The first-order valence-electron chi connectivity index (χ1n) is 10.2. The number of aliphatic imine (C=N–C) groups is 1. The topological polar surface area (TPSA) is 56.7 Å². The van der Waals surface area contributed by atoms with E-state index in [9.17, 15) is 4.79 Å². The van der Waals surface area contributed by atoms with Gasteiger partial charge in [-0.05, 0) is 29.7 Å². The molecule has 2 aromatic carbocycles. The number of nitrogens with zero attached hydrogens (tertiary/aromatic N) is 2. The molecule has 29 heavy (non-hydrogen) atoms. The monoisotopic (exact) mass is 410 g/mol. The summed E-state index contributed by atoms with van der Waals surface area (Å²) in [7, 11) is 1.79. The number of carbonyl (C=O) groups excluding carboxylic acids is 1. The molecule has 1 aliphatic heterocycles. The molecule has 1 fully saturated rings. The van der Waals surface area contributed by atoms with Gasteiger partial charge in [-0.2, -0.15) is 0 Å². The van der Waals surface area contributed by atoms with Crippen LogP contribution >= 0.6 is 11.8 Å². The third-order valence-corrected chi connectivity index (χ3v) is 5.97. The minimum atomic E-state index is 0.264. The van der Waals surface area contributed by atoms with E-state index in [4.69, 9.17) is 0 Å². The first-order chi connectivity index (χ1) is 14.1. The van der Waals surface area contributed by atoms with Gasteiger partial charge in [-0.15, -0.1) is 11.8 Å². The van der Waals surface area contributed by atoms with Gasteiger partial charge in [0, 0.05) is 49.8 Å². The summed E-state index contributed by atoms with van der Waals surface area (Å²) in [5.74, 6) is 1.06. The van der Waals surface area contributed by atoms with Gasteiger partial charge in [0.15, 0.2) is 5.96 Å². The highest BCUT2D eigenvalue weighted by atomic mass is 32.2. The van der Waals surface area contributed by atoms with Crippen LogP contribution in [0.3, 0.4) is 0 Å². The number of likely N-dealkylation sites (tertiary alicyclic amines) is 1. The first-order valence-corrected chi connectivity index (χ1v) is 11.0. The van der Waals surface area contributed by atoms with Gasteiger partial charge in [0.1, 0.15) is 0 Å². The molecule has 1 unspecified atom stereocenters. The molecule has 0 saturated carbocycles. The molecule has 5 nitrogen and oxygen atoms in total. The summed E-state index contributed by atoms with van der Waals surface area (Å²) >= 11 is 1.85. The fraction of sp³-hybridized carbons (Fsp3) is 0.391. The first kappa shape index (κ1) is 21.2. The molecule has 2 aromatic rings. The van der Waals surface area contributed by atoms with E-state index in [-0.39, 0.29) is 5.91 Å². The van der Waals surface area contributed by atoms with Crippen LogP contribution in [0.15, 0.2) is 64.5 Å². The summed E-state index contributed by atoms with van der Waals surface area (Å²) in [6.07, 6.45) is 1.66. The third kappa shape index (κ3) is 6.82. The molecule has 1 atom stereocenters. The molecule has 1 amide bonds. The number of carbonyl (C=O) groups is 1. The fourth-order valence-electron chi connectivity index (χ4n) is 3.35. The highest BCUT2D eigenvalue weighted by molar-refractivity contribution is 8.00. The van der Waals surface area contributed by atoms with Crippen LogP contribution in [0, 0.1) is 0 Å². The molecule has 0 bridgehead atoms. The Morgan fingerprint density at radius 3 is 2.66 bits per heavy atom. The second-order valence-corrected chi connectivity index (χ2v) is 8.80. The Morgan fingerprint density at radius 2 is 1.93 bits per heavy atom.